The molecule has 0 saturated carbocycles. The summed E-state index contributed by atoms with van der Waals surface area (Å²) < 4.78 is 5.27. The van der Waals surface area contributed by atoms with Crippen LogP contribution in [0.1, 0.15) is 5.69 Å². The molecule has 3 heteroatoms. The van der Waals surface area contributed by atoms with Crippen LogP contribution in [-0.2, 0) is 6.42 Å². The Balaban J connectivity index is 2.17. The first kappa shape index (κ1) is 12.4. The van der Waals surface area contributed by atoms with Crippen molar-refractivity contribution in [3.8, 4) is 22.5 Å². The molecule has 3 aromatic rings. The fraction of sp³-hybridized carbons (Fsp3) is 0.0588. The third-order valence-electron chi connectivity index (χ3n) is 3.10. The Morgan fingerprint density at radius 2 is 1.95 bits per heavy atom. The first-order chi connectivity index (χ1) is 9.88. The highest BCUT2D eigenvalue weighted by molar-refractivity contribution is 5.80. The fourth-order valence-corrected chi connectivity index (χ4v) is 2.17. The van der Waals surface area contributed by atoms with Gasteiger partial charge in [0.15, 0.2) is 5.76 Å². The molecule has 0 bridgehead atoms. The van der Waals surface area contributed by atoms with Gasteiger partial charge in [0.1, 0.15) is 0 Å². The molecule has 0 unspecified atom stereocenters. The molecular formula is C17H14N2O. The molecule has 3 rings (SSSR count). The van der Waals surface area contributed by atoms with Crippen LogP contribution >= 0.6 is 0 Å². The number of aromatic nitrogens is 2. The summed E-state index contributed by atoms with van der Waals surface area (Å²) in [5.74, 6) is 0.724. The van der Waals surface area contributed by atoms with Gasteiger partial charge in [-0.25, -0.2) is 0 Å². The first-order valence-corrected chi connectivity index (χ1v) is 6.45. The van der Waals surface area contributed by atoms with Gasteiger partial charge < -0.3 is 4.52 Å². The summed E-state index contributed by atoms with van der Waals surface area (Å²) in [4.78, 5) is 4.45. The number of allylic oxidation sites excluding steroid dienone is 1. The zero-order valence-corrected chi connectivity index (χ0v) is 11.0. The second kappa shape index (κ2) is 5.53. The third-order valence-corrected chi connectivity index (χ3v) is 3.10. The largest absolute Gasteiger partial charge is 0.356 e. The van der Waals surface area contributed by atoms with Gasteiger partial charge in [0.25, 0.3) is 0 Å². The lowest BCUT2D eigenvalue weighted by molar-refractivity contribution is 0.432. The number of rotatable bonds is 4. The Morgan fingerprint density at radius 1 is 1.10 bits per heavy atom. The van der Waals surface area contributed by atoms with E-state index in [2.05, 4.69) is 34.9 Å². The number of hydrogen-bond donors (Lipinski definition) is 0. The maximum atomic E-state index is 5.27. The smallest absolute Gasteiger partial charge is 0.168 e. The van der Waals surface area contributed by atoms with Crippen LogP contribution in [0.2, 0.25) is 0 Å². The van der Waals surface area contributed by atoms with Crippen molar-refractivity contribution in [2.45, 2.75) is 6.42 Å². The zero-order chi connectivity index (χ0) is 13.8. The highest BCUT2D eigenvalue weighted by Crippen LogP contribution is 2.31. The number of pyridine rings is 1. The van der Waals surface area contributed by atoms with Crippen molar-refractivity contribution in [1.82, 2.24) is 10.1 Å². The molecule has 0 aliphatic rings. The van der Waals surface area contributed by atoms with Crippen LogP contribution in [0.25, 0.3) is 22.5 Å². The maximum Gasteiger partial charge on any atom is 0.168 e. The molecule has 0 aliphatic carbocycles. The molecule has 0 atom stereocenters. The normalized spacial score (nSPS) is 10.4. The summed E-state index contributed by atoms with van der Waals surface area (Å²) in [6.07, 6.45) is 6.07. The molecule has 3 nitrogen and oxygen atoms in total. The number of benzene rings is 1. The van der Waals surface area contributed by atoms with Crippen LogP contribution in [0.4, 0.5) is 0 Å². The Kier molecular flexibility index (Phi) is 3.42. The second-order valence-electron chi connectivity index (χ2n) is 4.46. The van der Waals surface area contributed by atoms with E-state index in [0.29, 0.717) is 0 Å². The summed E-state index contributed by atoms with van der Waals surface area (Å²) in [5, 5.41) is 3.77. The molecule has 0 aliphatic heterocycles. The molecule has 0 spiro atoms. The quantitative estimate of drug-likeness (QED) is 0.663. The van der Waals surface area contributed by atoms with E-state index < -0.39 is 0 Å². The average molecular weight is 262 g/mol. The SMILES string of the molecule is C=CCc1cc(-c2ccccc2)c(-c2ccno2)cn1. The maximum absolute atomic E-state index is 5.27. The van der Waals surface area contributed by atoms with Gasteiger partial charge in [-0.3, -0.25) is 4.98 Å². The van der Waals surface area contributed by atoms with Gasteiger partial charge >= 0.3 is 0 Å². The Labute approximate surface area is 117 Å². The molecule has 0 radical (unpaired) electrons. The summed E-state index contributed by atoms with van der Waals surface area (Å²) in [7, 11) is 0. The highest BCUT2D eigenvalue weighted by Gasteiger charge is 2.11. The molecule has 0 saturated heterocycles. The fourth-order valence-electron chi connectivity index (χ4n) is 2.17. The molecule has 0 amide bonds. The predicted octanol–water partition coefficient (Wildman–Crippen LogP) is 4.13. The second-order valence-corrected chi connectivity index (χ2v) is 4.46. The van der Waals surface area contributed by atoms with Crippen LogP contribution in [0, 0.1) is 0 Å². The monoisotopic (exact) mass is 262 g/mol. The minimum Gasteiger partial charge on any atom is -0.356 e. The van der Waals surface area contributed by atoms with Gasteiger partial charge in [0.2, 0.25) is 0 Å². The van der Waals surface area contributed by atoms with Crippen molar-refractivity contribution in [2.75, 3.05) is 0 Å². The molecule has 20 heavy (non-hydrogen) atoms. The van der Waals surface area contributed by atoms with Crippen molar-refractivity contribution < 1.29 is 4.52 Å². The topological polar surface area (TPSA) is 38.9 Å². The van der Waals surface area contributed by atoms with E-state index in [-0.39, 0.29) is 0 Å². The molecule has 0 fully saturated rings. The van der Waals surface area contributed by atoms with E-state index in [1.54, 1.807) is 6.20 Å². The minimum atomic E-state index is 0.724. The van der Waals surface area contributed by atoms with E-state index in [4.69, 9.17) is 4.52 Å². The third kappa shape index (κ3) is 2.38. The van der Waals surface area contributed by atoms with Crippen molar-refractivity contribution >= 4 is 0 Å². The van der Waals surface area contributed by atoms with Crippen LogP contribution in [0.15, 0.2) is 72.0 Å². The van der Waals surface area contributed by atoms with E-state index in [9.17, 15) is 0 Å². The van der Waals surface area contributed by atoms with Gasteiger partial charge in [-0.2, -0.15) is 0 Å². The molecule has 98 valence electrons. The van der Waals surface area contributed by atoms with Gasteiger partial charge in [-0.05, 0) is 17.2 Å². The van der Waals surface area contributed by atoms with Gasteiger partial charge in [-0.1, -0.05) is 41.6 Å². The zero-order valence-electron chi connectivity index (χ0n) is 11.0. The average Bonchev–Trinajstić information content (AvgIpc) is 3.03. The van der Waals surface area contributed by atoms with E-state index in [1.165, 1.54) is 0 Å². The summed E-state index contributed by atoms with van der Waals surface area (Å²) in [5.41, 5.74) is 4.16. The highest BCUT2D eigenvalue weighted by atomic mass is 16.5. The van der Waals surface area contributed by atoms with Gasteiger partial charge in [0.05, 0.1) is 6.20 Å². The van der Waals surface area contributed by atoms with Gasteiger partial charge in [0, 0.05) is 29.9 Å². The van der Waals surface area contributed by atoms with Crippen LogP contribution < -0.4 is 0 Å². The van der Waals surface area contributed by atoms with E-state index in [0.717, 1.165) is 34.6 Å². The van der Waals surface area contributed by atoms with Crippen LogP contribution in [0.5, 0.6) is 0 Å². The number of hydrogen-bond acceptors (Lipinski definition) is 3. The first-order valence-electron chi connectivity index (χ1n) is 6.45. The van der Waals surface area contributed by atoms with Crippen molar-refractivity contribution in [3.05, 3.63) is 73.2 Å². The van der Waals surface area contributed by atoms with Crippen LogP contribution in [-0.4, -0.2) is 10.1 Å². The summed E-state index contributed by atoms with van der Waals surface area (Å²) >= 11 is 0. The summed E-state index contributed by atoms with van der Waals surface area (Å²) in [6, 6.07) is 14.1. The van der Waals surface area contributed by atoms with Crippen molar-refractivity contribution in [2.24, 2.45) is 0 Å². The lowest BCUT2D eigenvalue weighted by Gasteiger charge is -2.09. The predicted molar refractivity (Wildman–Crippen MR) is 79.1 cm³/mol. The Hall–Kier alpha value is -2.68. The lowest BCUT2D eigenvalue weighted by Crippen LogP contribution is -1.92. The van der Waals surface area contributed by atoms with Crippen LogP contribution in [0.3, 0.4) is 0 Å². The number of nitrogens with zero attached hydrogens (tertiary/aromatic N) is 2. The van der Waals surface area contributed by atoms with E-state index in [1.807, 2.05) is 36.5 Å². The Morgan fingerprint density at radius 3 is 2.65 bits per heavy atom. The molecule has 0 N–H and O–H groups in total. The molecular weight excluding hydrogens is 248 g/mol. The lowest BCUT2D eigenvalue weighted by atomic mass is 9.98. The standard InChI is InChI=1S/C17H14N2O/c1-2-6-14-11-15(13-7-4-3-5-8-13)16(12-18-14)17-9-10-19-20-17/h2-5,7-12H,1,6H2. The Bertz CT molecular complexity index is 703. The van der Waals surface area contributed by atoms with E-state index >= 15 is 0 Å². The molecule has 2 aromatic heterocycles. The van der Waals surface area contributed by atoms with Crippen molar-refractivity contribution in [1.29, 1.82) is 0 Å². The summed E-state index contributed by atoms with van der Waals surface area (Å²) in [6.45, 7) is 3.76. The minimum absolute atomic E-state index is 0.724. The van der Waals surface area contributed by atoms with Crippen molar-refractivity contribution in [3.63, 3.8) is 0 Å². The van der Waals surface area contributed by atoms with Gasteiger partial charge in [-0.15, -0.1) is 6.58 Å². The molecule has 2 heterocycles. The molecule has 1 aromatic carbocycles.